The van der Waals surface area contributed by atoms with Crippen molar-refractivity contribution in [2.75, 3.05) is 5.32 Å². The van der Waals surface area contributed by atoms with Crippen LogP contribution in [0.2, 0.25) is 0 Å². The Morgan fingerprint density at radius 1 is 1.32 bits per heavy atom. The van der Waals surface area contributed by atoms with Crippen LogP contribution in [0.1, 0.15) is 49.6 Å². The number of aromatic nitrogens is 4. The lowest BCUT2D eigenvalue weighted by Gasteiger charge is -2.15. The Balaban J connectivity index is 1.92. The molecule has 2 heterocycles. The molecule has 9 heteroatoms. The molecule has 0 atom stereocenters. The summed E-state index contributed by atoms with van der Waals surface area (Å²) in [6, 6.07) is 2.13. The van der Waals surface area contributed by atoms with Crippen molar-refractivity contribution in [3.63, 3.8) is 0 Å². The Morgan fingerprint density at radius 3 is 2.56 bits per heavy atom. The number of aryl methyl sites for hydroxylation is 1. The maximum atomic E-state index is 13.1. The molecule has 1 aliphatic rings. The first-order valence-electron chi connectivity index (χ1n) is 7.81. The average molecular weight is 350 g/mol. The maximum Gasteiger partial charge on any atom is 0.419 e. The zero-order valence-corrected chi connectivity index (χ0v) is 14.0. The second-order valence-electron chi connectivity index (χ2n) is 6.63. The van der Waals surface area contributed by atoms with Crippen molar-refractivity contribution >= 4 is 11.6 Å². The summed E-state index contributed by atoms with van der Waals surface area (Å²) in [5.74, 6) is -0.0752. The number of nitrogens with zero attached hydrogens (tertiary/aromatic N) is 5. The van der Waals surface area contributed by atoms with Gasteiger partial charge in [-0.05, 0) is 33.6 Å². The van der Waals surface area contributed by atoms with E-state index in [0.29, 0.717) is 24.2 Å². The zero-order chi connectivity index (χ0) is 18.4. The van der Waals surface area contributed by atoms with Crippen LogP contribution in [0.4, 0.5) is 24.8 Å². The predicted molar refractivity (Wildman–Crippen MR) is 84.2 cm³/mol. The Labute approximate surface area is 142 Å². The van der Waals surface area contributed by atoms with Crippen LogP contribution in [0.5, 0.6) is 0 Å². The molecule has 0 aromatic carbocycles. The van der Waals surface area contributed by atoms with Crippen molar-refractivity contribution < 1.29 is 13.2 Å². The molecule has 2 aromatic heterocycles. The van der Waals surface area contributed by atoms with Crippen molar-refractivity contribution in [1.82, 2.24) is 19.7 Å². The normalized spacial score (nSPS) is 15.1. The van der Waals surface area contributed by atoms with Gasteiger partial charge in [-0.2, -0.15) is 23.5 Å². The second-order valence-corrected chi connectivity index (χ2v) is 6.63. The van der Waals surface area contributed by atoms with Crippen LogP contribution in [0.25, 0.3) is 0 Å². The summed E-state index contributed by atoms with van der Waals surface area (Å²) in [7, 11) is 0. The smallest absolute Gasteiger partial charge is 0.321 e. The van der Waals surface area contributed by atoms with Gasteiger partial charge in [-0.15, -0.1) is 0 Å². The molecule has 3 rings (SSSR count). The highest BCUT2D eigenvalue weighted by molar-refractivity contribution is 5.55. The standard InChI is InChI=1S/C16H17F3N6/c1-9-12(7-25(24-9)15(2,3)8-20)22-14-21-6-11(16(17,18)19)13(23-14)10-4-5-10/h6-7,10H,4-5H2,1-3H3,(H,21,22,23). The van der Waals surface area contributed by atoms with Gasteiger partial charge in [-0.25, -0.2) is 9.97 Å². The van der Waals surface area contributed by atoms with Gasteiger partial charge in [0.1, 0.15) is 5.54 Å². The van der Waals surface area contributed by atoms with Gasteiger partial charge in [0.15, 0.2) is 0 Å². The lowest BCUT2D eigenvalue weighted by molar-refractivity contribution is -0.138. The van der Waals surface area contributed by atoms with Crippen LogP contribution in [-0.4, -0.2) is 19.7 Å². The van der Waals surface area contributed by atoms with Crippen LogP contribution in [0.3, 0.4) is 0 Å². The highest BCUT2D eigenvalue weighted by atomic mass is 19.4. The van der Waals surface area contributed by atoms with Crippen LogP contribution in [0, 0.1) is 18.3 Å². The number of nitrogens with one attached hydrogen (secondary N) is 1. The molecule has 1 saturated carbocycles. The number of nitriles is 1. The maximum absolute atomic E-state index is 13.1. The molecule has 1 N–H and O–H groups in total. The SMILES string of the molecule is Cc1nn(C(C)(C)C#N)cc1Nc1ncc(C(F)(F)F)c(C2CC2)n1. The number of rotatable bonds is 4. The fraction of sp³-hybridized carbons (Fsp3) is 0.500. The number of alkyl halides is 3. The van der Waals surface area contributed by atoms with Gasteiger partial charge in [0.05, 0.1) is 34.9 Å². The van der Waals surface area contributed by atoms with E-state index in [0.717, 1.165) is 6.20 Å². The van der Waals surface area contributed by atoms with Crippen molar-refractivity contribution in [2.24, 2.45) is 0 Å². The van der Waals surface area contributed by atoms with Crippen LogP contribution < -0.4 is 5.32 Å². The third-order valence-corrected chi connectivity index (χ3v) is 4.08. The Hall–Kier alpha value is -2.63. The Kier molecular flexibility index (Phi) is 3.94. The van der Waals surface area contributed by atoms with E-state index >= 15 is 0 Å². The van der Waals surface area contributed by atoms with Gasteiger partial charge >= 0.3 is 6.18 Å². The highest BCUT2D eigenvalue weighted by Crippen LogP contribution is 2.45. The van der Waals surface area contributed by atoms with E-state index in [1.54, 1.807) is 27.0 Å². The van der Waals surface area contributed by atoms with Crippen LogP contribution >= 0.6 is 0 Å². The monoisotopic (exact) mass is 350 g/mol. The summed E-state index contributed by atoms with van der Waals surface area (Å²) in [4.78, 5) is 7.88. The van der Waals surface area contributed by atoms with Crippen LogP contribution in [-0.2, 0) is 11.7 Å². The summed E-state index contributed by atoms with van der Waals surface area (Å²) in [6.07, 6.45) is -0.619. The molecule has 25 heavy (non-hydrogen) atoms. The fourth-order valence-electron chi connectivity index (χ4n) is 2.38. The zero-order valence-electron chi connectivity index (χ0n) is 14.0. The molecule has 1 aliphatic carbocycles. The molecule has 0 radical (unpaired) electrons. The lowest BCUT2D eigenvalue weighted by atomic mass is 10.1. The first kappa shape index (κ1) is 17.2. The third kappa shape index (κ3) is 3.43. The van der Waals surface area contributed by atoms with Gasteiger partial charge in [-0.3, -0.25) is 4.68 Å². The minimum Gasteiger partial charge on any atom is -0.321 e. The molecule has 0 unspecified atom stereocenters. The van der Waals surface area contributed by atoms with Gasteiger partial charge in [0.25, 0.3) is 0 Å². The Bertz CT molecular complexity index is 843. The van der Waals surface area contributed by atoms with E-state index in [4.69, 9.17) is 0 Å². The van der Waals surface area contributed by atoms with Crippen molar-refractivity contribution in [2.45, 2.75) is 51.2 Å². The molecule has 2 aromatic rings. The van der Waals surface area contributed by atoms with Crippen LogP contribution in [0.15, 0.2) is 12.4 Å². The van der Waals surface area contributed by atoms with E-state index in [1.807, 2.05) is 0 Å². The number of hydrogen-bond donors (Lipinski definition) is 1. The molecule has 6 nitrogen and oxygen atoms in total. The number of halogens is 3. The summed E-state index contributed by atoms with van der Waals surface area (Å²) in [5, 5.41) is 16.4. The summed E-state index contributed by atoms with van der Waals surface area (Å²) in [5.41, 5.74) is -0.444. The van der Waals surface area contributed by atoms with Gasteiger partial charge in [0, 0.05) is 12.1 Å². The van der Waals surface area contributed by atoms with E-state index in [1.165, 1.54) is 4.68 Å². The molecule has 0 saturated heterocycles. The van der Waals surface area contributed by atoms with Gasteiger partial charge < -0.3 is 5.32 Å². The van der Waals surface area contributed by atoms with E-state index in [2.05, 4.69) is 26.5 Å². The number of anilines is 2. The quantitative estimate of drug-likeness (QED) is 0.905. The molecule has 0 amide bonds. The third-order valence-electron chi connectivity index (χ3n) is 4.08. The molecule has 132 valence electrons. The van der Waals surface area contributed by atoms with Crippen molar-refractivity contribution in [3.8, 4) is 6.07 Å². The molecule has 0 bridgehead atoms. The predicted octanol–water partition coefficient (Wildman–Crippen LogP) is 3.88. The summed E-state index contributed by atoms with van der Waals surface area (Å²) in [6.45, 7) is 5.16. The molecule has 0 aliphatic heterocycles. The van der Waals surface area contributed by atoms with E-state index in [9.17, 15) is 18.4 Å². The second kappa shape index (κ2) is 5.72. The largest absolute Gasteiger partial charge is 0.419 e. The van der Waals surface area contributed by atoms with Crippen molar-refractivity contribution in [1.29, 1.82) is 5.26 Å². The van der Waals surface area contributed by atoms with E-state index in [-0.39, 0.29) is 17.6 Å². The molecular formula is C16H17F3N6. The van der Waals surface area contributed by atoms with Gasteiger partial charge in [0.2, 0.25) is 5.95 Å². The number of hydrogen-bond acceptors (Lipinski definition) is 5. The minimum absolute atomic E-state index is 0.0346. The molecule has 0 spiro atoms. The summed E-state index contributed by atoms with van der Waals surface area (Å²) < 4.78 is 40.8. The fourth-order valence-corrected chi connectivity index (χ4v) is 2.38. The molecular weight excluding hydrogens is 333 g/mol. The minimum atomic E-state index is -4.46. The summed E-state index contributed by atoms with van der Waals surface area (Å²) >= 11 is 0. The highest BCUT2D eigenvalue weighted by Gasteiger charge is 2.40. The Morgan fingerprint density at radius 2 is 2.00 bits per heavy atom. The first-order chi connectivity index (χ1) is 11.6. The van der Waals surface area contributed by atoms with E-state index < -0.39 is 17.3 Å². The lowest BCUT2D eigenvalue weighted by Crippen LogP contribution is -2.24. The first-order valence-corrected chi connectivity index (χ1v) is 7.81. The van der Waals surface area contributed by atoms with Gasteiger partial charge in [-0.1, -0.05) is 0 Å². The van der Waals surface area contributed by atoms with Crippen molar-refractivity contribution in [3.05, 3.63) is 29.3 Å². The average Bonchev–Trinajstić information content (AvgIpc) is 3.31. The topological polar surface area (TPSA) is 79.4 Å². The molecule has 1 fully saturated rings.